The SMILES string of the molecule is O=C(/C=C\c1ccc(-c2ccc(Cl)cc2Cl)o1)Nc1ccc2c(c1)oc1ccccc12. The molecule has 0 aliphatic carbocycles. The molecular weight excluding hydrogens is 433 g/mol. The molecule has 0 unspecified atom stereocenters. The van der Waals surface area contributed by atoms with E-state index >= 15 is 0 Å². The highest BCUT2D eigenvalue weighted by atomic mass is 35.5. The number of benzene rings is 3. The highest BCUT2D eigenvalue weighted by molar-refractivity contribution is 6.36. The van der Waals surface area contributed by atoms with Gasteiger partial charge in [-0.25, -0.2) is 0 Å². The summed E-state index contributed by atoms with van der Waals surface area (Å²) in [5, 5.41) is 5.94. The zero-order chi connectivity index (χ0) is 21.4. The molecule has 0 saturated carbocycles. The Morgan fingerprint density at radius 1 is 0.839 bits per heavy atom. The number of hydrogen-bond acceptors (Lipinski definition) is 3. The highest BCUT2D eigenvalue weighted by Gasteiger charge is 2.10. The fourth-order valence-corrected chi connectivity index (χ4v) is 3.92. The lowest BCUT2D eigenvalue weighted by Crippen LogP contribution is -2.07. The number of halogens is 2. The number of carbonyl (C=O) groups excluding carboxylic acids is 1. The largest absolute Gasteiger partial charge is 0.457 e. The molecule has 2 heterocycles. The maximum absolute atomic E-state index is 12.4. The number of nitrogens with one attached hydrogen (secondary N) is 1. The van der Waals surface area contributed by atoms with Crippen LogP contribution in [0.25, 0.3) is 39.3 Å². The maximum Gasteiger partial charge on any atom is 0.248 e. The van der Waals surface area contributed by atoms with Crippen LogP contribution in [-0.2, 0) is 4.79 Å². The molecule has 5 rings (SSSR count). The maximum atomic E-state index is 12.4. The number of para-hydroxylation sites is 1. The predicted molar refractivity (Wildman–Crippen MR) is 126 cm³/mol. The average molecular weight is 448 g/mol. The summed E-state index contributed by atoms with van der Waals surface area (Å²) in [6.45, 7) is 0. The first-order valence-electron chi connectivity index (χ1n) is 9.52. The van der Waals surface area contributed by atoms with Gasteiger partial charge in [0.2, 0.25) is 5.91 Å². The normalized spacial score (nSPS) is 11.5. The van der Waals surface area contributed by atoms with Crippen LogP contribution >= 0.6 is 23.2 Å². The first kappa shape index (κ1) is 19.5. The van der Waals surface area contributed by atoms with Gasteiger partial charge in [-0.2, -0.15) is 0 Å². The van der Waals surface area contributed by atoms with Gasteiger partial charge < -0.3 is 14.2 Å². The second kappa shape index (κ2) is 7.99. The Hall–Kier alpha value is -3.47. The summed E-state index contributed by atoms with van der Waals surface area (Å²) in [6, 6.07) is 22.2. The van der Waals surface area contributed by atoms with Crippen LogP contribution < -0.4 is 5.32 Å². The molecule has 0 aliphatic rings. The third kappa shape index (κ3) is 3.96. The molecular formula is C25H15Cl2NO3. The number of fused-ring (bicyclic) bond motifs is 3. The van der Waals surface area contributed by atoms with Gasteiger partial charge in [0.05, 0.1) is 5.02 Å². The Labute approximate surface area is 187 Å². The third-order valence-corrected chi connectivity index (χ3v) is 5.42. The lowest BCUT2D eigenvalue weighted by Gasteiger charge is -2.02. The van der Waals surface area contributed by atoms with Gasteiger partial charge in [-0.05, 0) is 54.6 Å². The summed E-state index contributed by atoms with van der Waals surface area (Å²) in [5.74, 6) is 0.846. The number of furan rings is 2. The van der Waals surface area contributed by atoms with Crippen molar-refractivity contribution in [1.29, 1.82) is 0 Å². The van der Waals surface area contributed by atoms with Crippen molar-refractivity contribution >= 4 is 62.8 Å². The van der Waals surface area contributed by atoms with Crippen molar-refractivity contribution < 1.29 is 13.6 Å². The van der Waals surface area contributed by atoms with E-state index in [1.165, 1.54) is 6.08 Å². The third-order valence-electron chi connectivity index (χ3n) is 4.87. The van der Waals surface area contributed by atoms with E-state index in [0.717, 1.165) is 27.5 Å². The molecule has 4 nitrogen and oxygen atoms in total. The van der Waals surface area contributed by atoms with Crippen molar-refractivity contribution in [2.75, 3.05) is 5.32 Å². The van der Waals surface area contributed by atoms with Crippen molar-refractivity contribution in [2.24, 2.45) is 0 Å². The smallest absolute Gasteiger partial charge is 0.248 e. The number of amides is 1. The van der Waals surface area contributed by atoms with E-state index in [1.54, 1.807) is 36.4 Å². The van der Waals surface area contributed by atoms with Crippen LogP contribution in [0.2, 0.25) is 10.0 Å². The summed E-state index contributed by atoms with van der Waals surface area (Å²) in [4.78, 5) is 12.4. The van der Waals surface area contributed by atoms with E-state index in [1.807, 2.05) is 42.5 Å². The van der Waals surface area contributed by atoms with Gasteiger partial charge in [-0.1, -0.05) is 41.4 Å². The van der Waals surface area contributed by atoms with Gasteiger partial charge in [0, 0.05) is 39.2 Å². The fraction of sp³-hybridized carbons (Fsp3) is 0. The minimum atomic E-state index is -0.280. The quantitative estimate of drug-likeness (QED) is 0.285. The van der Waals surface area contributed by atoms with Crippen LogP contribution in [-0.4, -0.2) is 5.91 Å². The van der Waals surface area contributed by atoms with E-state index in [9.17, 15) is 4.79 Å². The number of anilines is 1. The zero-order valence-corrected chi connectivity index (χ0v) is 17.6. The molecule has 1 N–H and O–H groups in total. The van der Waals surface area contributed by atoms with Crippen LogP contribution in [0.4, 0.5) is 5.69 Å². The van der Waals surface area contributed by atoms with E-state index in [0.29, 0.717) is 27.3 Å². The standard InChI is InChI=1S/C25H15Cl2NO3/c26-15-5-9-20(21(27)13-15)23-11-7-17(30-23)8-12-25(29)28-16-6-10-19-18-3-1-2-4-22(18)31-24(19)14-16/h1-14H,(H,28,29)/b12-8-. The van der Waals surface area contributed by atoms with Gasteiger partial charge >= 0.3 is 0 Å². The molecule has 2 aromatic heterocycles. The summed E-state index contributed by atoms with van der Waals surface area (Å²) in [6.07, 6.45) is 3.01. The van der Waals surface area contributed by atoms with Crippen LogP contribution in [0.1, 0.15) is 5.76 Å². The Morgan fingerprint density at radius 3 is 2.55 bits per heavy atom. The van der Waals surface area contributed by atoms with E-state index in [4.69, 9.17) is 32.0 Å². The molecule has 31 heavy (non-hydrogen) atoms. The van der Waals surface area contributed by atoms with Gasteiger partial charge in [-0.15, -0.1) is 0 Å². The van der Waals surface area contributed by atoms with Crippen molar-refractivity contribution in [3.8, 4) is 11.3 Å². The monoisotopic (exact) mass is 447 g/mol. The molecule has 152 valence electrons. The molecule has 0 bridgehead atoms. The van der Waals surface area contributed by atoms with Crippen molar-refractivity contribution in [3.05, 3.63) is 94.7 Å². The Kier molecular flexibility index (Phi) is 5.02. The average Bonchev–Trinajstić information content (AvgIpc) is 3.36. The molecule has 1 amide bonds. The molecule has 0 aliphatic heterocycles. The molecule has 5 aromatic rings. The van der Waals surface area contributed by atoms with E-state index in [2.05, 4.69) is 5.32 Å². The first-order valence-corrected chi connectivity index (χ1v) is 10.3. The van der Waals surface area contributed by atoms with Crippen LogP contribution in [0.3, 0.4) is 0 Å². The van der Waals surface area contributed by atoms with Gasteiger partial charge in [0.25, 0.3) is 0 Å². The molecule has 0 saturated heterocycles. The Balaban J connectivity index is 1.31. The second-order valence-electron chi connectivity index (χ2n) is 6.96. The van der Waals surface area contributed by atoms with E-state index in [-0.39, 0.29) is 5.91 Å². The van der Waals surface area contributed by atoms with Crippen LogP contribution in [0.5, 0.6) is 0 Å². The summed E-state index contributed by atoms with van der Waals surface area (Å²) in [5.41, 5.74) is 2.91. The predicted octanol–water partition coefficient (Wildman–Crippen LogP) is 7.80. The van der Waals surface area contributed by atoms with Gasteiger partial charge in [0.1, 0.15) is 22.7 Å². The lowest BCUT2D eigenvalue weighted by atomic mass is 10.1. The topological polar surface area (TPSA) is 55.4 Å². The molecule has 3 aromatic carbocycles. The molecule has 0 fully saturated rings. The highest BCUT2D eigenvalue weighted by Crippen LogP contribution is 2.32. The van der Waals surface area contributed by atoms with Crippen LogP contribution in [0.15, 0.2) is 87.7 Å². The number of rotatable bonds is 4. The number of hydrogen-bond donors (Lipinski definition) is 1. The van der Waals surface area contributed by atoms with Crippen LogP contribution in [0, 0.1) is 0 Å². The second-order valence-corrected chi connectivity index (χ2v) is 7.80. The van der Waals surface area contributed by atoms with Gasteiger partial charge in [-0.3, -0.25) is 4.79 Å². The lowest BCUT2D eigenvalue weighted by molar-refractivity contribution is -0.111. The van der Waals surface area contributed by atoms with E-state index < -0.39 is 0 Å². The molecule has 0 atom stereocenters. The van der Waals surface area contributed by atoms with Crippen molar-refractivity contribution in [3.63, 3.8) is 0 Å². The summed E-state index contributed by atoms with van der Waals surface area (Å²) in [7, 11) is 0. The molecule has 0 spiro atoms. The van der Waals surface area contributed by atoms with Crippen molar-refractivity contribution in [1.82, 2.24) is 0 Å². The fourth-order valence-electron chi connectivity index (χ4n) is 3.42. The Morgan fingerprint density at radius 2 is 1.68 bits per heavy atom. The Bertz CT molecular complexity index is 1460. The summed E-state index contributed by atoms with van der Waals surface area (Å²) < 4.78 is 11.6. The van der Waals surface area contributed by atoms with Gasteiger partial charge in [0.15, 0.2) is 0 Å². The zero-order valence-electron chi connectivity index (χ0n) is 16.1. The minimum absolute atomic E-state index is 0.280. The minimum Gasteiger partial charge on any atom is -0.457 e. The number of carbonyl (C=O) groups is 1. The first-order chi connectivity index (χ1) is 15.1. The molecule has 0 radical (unpaired) electrons. The summed E-state index contributed by atoms with van der Waals surface area (Å²) >= 11 is 12.2. The molecule has 6 heteroatoms. The van der Waals surface area contributed by atoms with Crippen molar-refractivity contribution in [2.45, 2.75) is 0 Å².